The Hall–Kier alpha value is -3.16. The molecule has 6 nitrogen and oxygen atoms in total. The van der Waals surface area contributed by atoms with Crippen molar-refractivity contribution < 1.29 is 17.9 Å². The monoisotopic (exact) mass is 494 g/mol. The molecule has 0 fully saturated rings. The third kappa shape index (κ3) is 3.60. The zero-order valence-electron chi connectivity index (χ0n) is 18.4. The molecule has 1 aliphatic carbocycles. The fraction of sp³-hybridized carbons (Fsp3) is 0.231. The second-order valence-corrected chi connectivity index (χ2v) is 11.0. The summed E-state index contributed by atoms with van der Waals surface area (Å²) in [7, 11) is -3.77. The van der Waals surface area contributed by atoms with Crippen molar-refractivity contribution in [2.75, 3.05) is 16.8 Å². The average Bonchev–Trinajstić information content (AvgIpc) is 3.50. The molecule has 2 heterocycles. The minimum atomic E-state index is -3.77. The van der Waals surface area contributed by atoms with Crippen molar-refractivity contribution in [3.8, 4) is 11.5 Å². The SMILES string of the molecule is Cc1ccc(NS(=O)(=O)c2ccc3c(c2)[C@H]2C=CC[C@H]2[C@@H](c2ccc4c(c2)OCO4)N3)cc1Cl. The van der Waals surface area contributed by atoms with Crippen molar-refractivity contribution in [1.29, 1.82) is 0 Å². The Morgan fingerprint density at radius 1 is 1.03 bits per heavy atom. The molecule has 174 valence electrons. The van der Waals surface area contributed by atoms with Gasteiger partial charge in [-0.3, -0.25) is 4.72 Å². The molecule has 3 atom stereocenters. The lowest BCUT2D eigenvalue weighted by Gasteiger charge is -2.37. The quantitative estimate of drug-likeness (QED) is 0.435. The number of nitrogens with one attached hydrogen (secondary N) is 2. The number of rotatable bonds is 4. The molecule has 6 rings (SSSR count). The van der Waals surface area contributed by atoms with Gasteiger partial charge in [-0.05, 0) is 78.4 Å². The van der Waals surface area contributed by atoms with Gasteiger partial charge < -0.3 is 14.8 Å². The number of fused-ring (bicyclic) bond motifs is 4. The first-order valence-corrected chi connectivity index (χ1v) is 13.0. The van der Waals surface area contributed by atoms with E-state index < -0.39 is 10.0 Å². The lowest BCUT2D eigenvalue weighted by molar-refractivity contribution is 0.174. The van der Waals surface area contributed by atoms with Crippen molar-refractivity contribution in [2.45, 2.75) is 30.2 Å². The van der Waals surface area contributed by atoms with Crippen LogP contribution in [-0.4, -0.2) is 15.2 Å². The summed E-state index contributed by atoms with van der Waals surface area (Å²) in [5, 5.41) is 4.17. The van der Waals surface area contributed by atoms with Crippen LogP contribution in [0.2, 0.25) is 5.02 Å². The third-order valence-corrected chi connectivity index (χ3v) is 8.61. The Labute approximate surface area is 203 Å². The van der Waals surface area contributed by atoms with E-state index in [-0.39, 0.29) is 29.6 Å². The van der Waals surface area contributed by atoms with Crippen molar-refractivity contribution in [3.05, 3.63) is 88.5 Å². The number of anilines is 2. The van der Waals surface area contributed by atoms with Gasteiger partial charge in [0.25, 0.3) is 10.0 Å². The van der Waals surface area contributed by atoms with Gasteiger partial charge in [0.05, 0.1) is 16.6 Å². The van der Waals surface area contributed by atoms with Crippen LogP contribution in [0, 0.1) is 12.8 Å². The van der Waals surface area contributed by atoms with E-state index in [9.17, 15) is 8.42 Å². The Kier molecular flexibility index (Phi) is 5.00. The summed E-state index contributed by atoms with van der Waals surface area (Å²) in [6, 6.07) is 16.5. The van der Waals surface area contributed by atoms with Crippen LogP contribution >= 0.6 is 11.6 Å². The zero-order valence-corrected chi connectivity index (χ0v) is 20.0. The van der Waals surface area contributed by atoms with Gasteiger partial charge in [0, 0.05) is 16.6 Å². The molecular formula is C26H23ClN2O4S. The Morgan fingerprint density at radius 2 is 1.88 bits per heavy atom. The summed E-state index contributed by atoms with van der Waals surface area (Å²) < 4.78 is 40.0. The van der Waals surface area contributed by atoms with E-state index in [1.165, 1.54) is 0 Å². The van der Waals surface area contributed by atoms with Crippen molar-refractivity contribution in [3.63, 3.8) is 0 Å². The highest BCUT2D eigenvalue weighted by atomic mass is 35.5. The lowest BCUT2D eigenvalue weighted by atomic mass is 9.77. The number of benzene rings is 3. The number of sulfonamides is 1. The number of hydrogen-bond acceptors (Lipinski definition) is 5. The standard InChI is InChI=1S/C26H23ClN2O4S/c1-15-5-7-17(12-22(15)27)29-34(30,31)18-8-9-23-21(13-18)19-3-2-4-20(19)26(28-23)16-6-10-24-25(11-16)33-14-32-24/h2-3,5-13,19-20,26,28-29H,4,14H2,1H3/t19-,20+,26+/m0/s1. The van der Waals surface area contributed by atoms with E-state index >= 15 is 0 Å². The van der Waals surface area contributed by atoms with Crippen LogP contribution < -0.4 is 19.5 Å². The molecule has 0 bridgehead atoms. The van der Waals surface area contributed by atoms with Gasteiger partial charge >= 0.3 is 0 Å². The van der Waals surface area contributed by atoms with E-state index in [0.717, 1.165) is 40.3 Å². The van der Waals surface area contributed by atoms with Gasteiger partial charge in [-0.25, -0.2) is 8.42 Å². The van der Waals surface area contributed by atoms with Crippen LogP contribution in [-0.2, 0) is 10.0 Å². The topological polar surface area (TPSA) is 76.7 Å². The van der Waals surface area contributed by atoms with E-state index in [1.807, 2.05) is 25.1 Å². The van der Waals surface area contributed by atoms with Crippen LogP contribution in [0.4, 0.5) is 11.4 Å². The first kappa shape index (κ1) is 21.4. The lowest BCUT2D eigenvalue weighted by Crippen LogP contribution is -2.29. The van der Waals surface area contributed by atoms with E-state index in [2.05, 4.69) is 28.3 Å². The number of hydrogen-bond donors (Lipinski definition) is 2. The van der Waals surface area contributed by atoms with Crippen LogP contribution in [0.15, 0.2) is 71.6 Å². The molecule has 0 spiro atoms. The van der Waals surface area contributed by atoms with Crippen LogP contribution in [0.25, 0.3) is 0 Å². The first-order valence-electron chi connectivity index (χ1n) is 11.1. The number of halogens is 1. The molecule has 0 saturated heterocycles. The van der Waals surface area contributed by atoms with E-state index in [0.29, 0.717) is 10.7 Å². The molecule has 0 amide bonds. The normalized spacial score (nSPS) is 22.1. The summed E-state index contributed by atoms with van der Waals surface area (Å²) in [6.07, 6.45) is 5.28. The number of ether oxygens (including phenoxy) is 2. The molecule has 34 heavy (non-hydrogen) atoms. The van der Waals surface area contributed by atoms with Gasteiger partial charge in [0.1, 0.15) is 0 Å². The first-order chi connectivity index (χ1) is 16.4. The van der Waals surface area contributed by atoms with E-state index in [4.69, 9.17) is 21.1 Å². The average molecular weight is 495 g/mol. The highest BCUT2D eigenvalue weighted by Gasteiger charge is 2.39. The molecule has 0 radical (unpaired) electrons. The summed E-state index contributed by atoms with van der Waals surface area (Å²) in [6.45, 7) is 2.12. The van der Waals surface area contributed by atoms with Gasteiger partial charge in [0.15, 0.2) is 11.5 Å². The van der Waals surface area contributed by atoms with Crippen LogP contribution in [0.5, 0.6) is 11.5 Å². The van der Waals surface area contributed by atoms with Crippen molar-refractivity contribution in [1.82, 2.24) is 0 Å². The summed E-state index contributed by atoms with van der Waals surface area (Å²) in [4.78, 5) is 0.227. The maximum absolute atomic E-state index is 13.2. The van der Waals surface area contributed by atoms with Crippen molar-refractivity contribution >= 4 is 33.0 Å². The molecule has 0 unspecified atom stereocenters. The van der Waals surface area contributed by atoms with E-state index in [1.54, 1.807) is 30.3 Å². The molecule has 2 N–H and O–H groups in total. The predicted octanol–water partition coefficient (Wildman–Crippen LogP) is 6.00. The maximum atomic E-state index is 13.2. The van der Waals surface area contributed by atoms with Gasteiger partial charge in [0.2, 0.25) is 6.79 Å². The molecule has 0 saturated carbocycles. The minimum absolute atomic E-state index is 0.0808. The smallest absolute Gasteiger partial charge is 0.261 e. The molecule has 3 aromatic carbocycles. The van der Waals surface area contributed by atoms with Gasteiger partial charge in [-0.15, -0.1) is 0 Å². The fourth-order valence-corrected chi connectivity index (χ4v) is 6.31. The van der Waals surface area contributed by atoms with Crippen LogP contribution in [0.3, 0.4) is 0 Å². The number of aryl methyl sites for hydroxylation is 1. The molecular weight excluding hydrogens is 472 g/mol. The van der Waals surface area contributed by atoms with Gasteiger partial charge in [-0.1, -0.05) is 35.9 Å². The van der Waals surface area contributed by atoms with Crippen molar-refractivity contribution in [2.24, 2.45) is 5.92 Å². The highest BCUT2D eigenvalue weighted by Crippen LogP contribution is 2.51. The summed E-state index contributed by atoms with van der Waals surface area (Å²) >= 11 is 6.17. The predicted molar refractivity (Wildman–Crippen MR) is 132 cm³/mol. The second-order valence-electron chi connectivity index (χ2n) is 8.91. The largest absolute Gasteiger partial charge is 0.454 e. The Morgan fingerprint density at radius 3 is 2.74 bits per heavy atom. The molecule has 2 aliphatic heterocycles. The molecule has 3 aromatic rings. The fourth-order valence-electron chi connectivity index (χ4n) is 5.05. The van der Waals surface area contributed by atoms with Crippen LogP contribution in [0.1, 0.15) is 35.1 Å². The Balaban J connectivity index is 1.33. The second kappa shape index (κ2) is 7.96. The maximum Gasteiger partial charge on any atom is 0.261 e. The minimum Gasteiger partial charge on any atom is -0.454 e. The summed E-state index contributed by atoms with van der Waals surface area (Å²) in [5.74, 6) is 1.92. The molecule has 0 aromatic heterocycles. The molecule has 3 aliphatic rings. The van der Waals surface area contributed by atoms with Gasteiger partial charge in [-0.2, -0.15) is 0 Å². The zero-order chi connectivity index (χ0) is 23.4. The molecule has 8 heteroatoms. The number of allylic oxidation sites excluding steroid dienone is 2. The highest BCUT2D eigenvalue weighted by molar-refractivity contribution is 7.92. The summed E-state index contributed by atoms with van der Waals surface area (Å²) in [5.41, 5.74) is 4.38. The third-order valence-electron chi connectivity index (χ3n) is 6.82. The Bertz CT molecular complexity index is 1440.